The lowest BCUT2D eigenvalue weighted by molar-refractivity contribution is -0.137. The first kappa shape index (κ1) is 16.4. The molecule has 134 valence electrons. The fourth-order valence-corrected chi connectivity index (χ4v) is 5.10. The lowest BCUT2D eigenvalue weighted by Gasteiger charge is -2.10. The molecule has 3 fully saturated rings. The third-order valence-corrected chi connectivity index (χ3v) is 6.23. The van der Waals surface area contributed by atoms with Crippen LogP contribution in [0.5, 0.6) is 5.75 Å². The van der Waals surface area contributed by atoms with E-state index in [-0.39, 0.29) is 18.2 Å². The molecule has 1 amide bonds. The second kappa shape index (κ2) is 6.70. The van der Waals surface area contributed by atoms with Gasteiger partial charge in [-0.25, -0.2) is 0 Å². The molecular weight excluding hydrogens is 318 g/mol. The van der Waals surface area contributed by atoms with Gasteiger partial charge in [-0.2, -0.15) is 0 Å². The number of carboxylic acid groups (broad SMARTS) is 1. The zero-order valence-corrected chi connectivity index (χ0v) is 14.3. The van der Waals surface area contributed by atoms with Crippen molar-refractivity contribution >= 4 is 11.9 Å². The van der Waals surface area contributed by atoms with Gasteiger partial charge in [0.15, 0.2) is 0 Å². The van der Waals surface area contributed by atoms with Crippen molar-refractivity contribution in [3.05, 3.63) is 29.8 Å². The summed E-state index contributed by atoms with van der Waals surface area (Å²) in [7, 11) is 0. The van der Waals surface area contributed by atoms with Crippen molar-refractivity contribution in [1.82, 2.24) is 5.32 Å². The molecule has 1 aromatic carbocycles. The van der Waals surface area contributed by atoms with Gasteiger partial charge in [0.25, 0.3) is 0 Å². The third-order valence-electron chi connectivity index (χ3n) is 6.23. The van der Waals surface area contributed by atoms with E-state index in [9.17, 15) is 9.59 Å². The molecule has 2 N–H and O–H groups in total. The molecule has 0 aromatic heterocycles. The Kier molecular flexibility index (Phi) is 4.40. The zero-order chi connectivity index (χ0) is 17.4. The Morgan fingerprint density at radius 2 is 1.80 bits per heavy atom. The Labute approximate surface area is 147 Å². The number of rotatable bonds is 8. The highest BCUT2D eigenvalue weighted by Crippen LogP contribution is 2.69. The average molecular weight is 343 g/mol. The average Bonchev–Trinajstić information content (AvgIpc) is 3.05. The van der Waals surface area contributed by atoms with Crippen molar-refractivity contribution in [2.45, 2.75) is 38.6 Å². The maximum atomic E-state index is 12.4. The minimum absolute atomic E-state index is 0.120. The molecule has 0 aliphatic heterocycles. The van der Waals surface area contributed by atoms with E-state index < -0.39 is 5.97 Å². The molecule has 25 heavy (non-hydrogen) atoms. The number of aliphatic carboxylic acids is 1. The Balaban J connectivity index is 1.20. The summed E-state index contributed by atoms with van der Waals surface area (Å²) >= 11 is 0. The van der Waals surface area contributed by atoms with Gasteiger partial charge in [-0.3, -0.25) is 9.59 Å². The molecule has 0 spiro atoms. The number of fused-ring (bicyclic) bond motifs is 5. The van der Waals surface area contributed by atoms with E-state index in [1.54, 1.807) is 0 Å². The van der Waals surface area contributed by atoms with Crippen LogP contribution >= 0.6 is 0 Å². The molecule has 2 bridgehead atoms. The monoisotopic (exact) mass is 343 g/mol. The predicted octanol–water partition coefficient (Wildman–Crippen LogP) is 2.84. The number of hydrogen-bond donors (Lipinski definition) is 2. The Morgan fingerprint density at radius 1 is 1.12 bits per heavy atom. The summed E-state index contributed by atoms with van der Waals surface area (Å²) in [6.07, 6.45) is 4.66. The summed E-state index contributed by atoms with van der Waals surface area (Å²) in [4.78, 5) is 22.9. The van der Waals surface area contributed by atoms with Gasteiger partial charge in [0.05, 0.1) is 6.61 Å². The summed E-state index contributed by atoms with van der Waals surface area (Å²) in [5.74, 6) is 3.45. The largest absolute Gasteiger partial charge is 0.494 e. The van der Waals surface area contributed by atoms with Crippen molar-refractivity contribution in [2.24, 2.45) is 29.6 Å². The molecule has 3 saturated carbocycles. The molecule has 3 aliphatic rings. The number of hydrogen-bond acceptors (Lipinski definition) is 3. The van der Waals surface area contributed by atoms with Crippen molar-refractivity contribution in [1.29, 1.82) is 0 Å². The molecule has 1 aromatic rings. The highest BCUT2D eigenvalue weighted by atomic mass is 16.5. The molecule has 4 atom stereocenters. The minimum atomic E-state index is -0.803. The highest BCUT2D eigenvalue weighted by Gasteiger charge is 2.67. The van der Waals surface area contributed by atoms with E-state index in [1.807, 2.05) is 24.3 Å². The standard InChI is InChI=1S/C20H25NO4/c22-16(23)2-1-9-25-15-7-3-12(4-8-15)11-21-20(24)19-17-13-5-6-14(10-13)18(17)19/h3-4,7-8,13-14,17-19H,1-2,5-6,9-11H2,(H,21,24)(H,22,23). The number of carbonyl (C=O) groups is 2. The van der Waals surface area contributed by atoms with Crippen molar-refractivity contribution in [3.63, 3.8) is 0 Å². The van der Waals surface area contributed by atoms with E-state index >= 15 is 0 Å². The Hall–Kier alpha value is -2.04. The van der Waals surface area contributed by atoms with Gasteiger partial charge in [-0.05, 0) is 67.1 Å². The number of nitrogens with one attached hydrogen (secondary N) is 1. The lowest BCUT2D eigenvalue weighted by atomic mass is 10.0. The lowest BCUT2D eigenvalue weighted by Crippen LogP contribution is -2.27. The number of benzene rings is 1. The van der Waals surface area contributed by atoms with Crippen molar-refractivity contribution in [3.8, 4) is 5.75 Å². The van der Waals surface area contributed by atoms with Gasteiger partial charge >= 0.3 is 5.97 Å². The molecule has 4 unspecified atom stereocenters. The van der Waals surface area contributed by atoms with Crippen LogP contribution in [0.2, 0.25) is 0 Å². The summed E-state index contributed by atoms with van der Waals surface area (Å²) in [6, 6.07) is 7.64. The van der Waals surface area contributed by atoms with Gasteiger partial charge < -0.3 is 15.2 Å². The fraction of sp³-hybridized carbons (Fsp3) is 0.600. The van der Waals surface area contributed by atoms with Crippen LogP contribution in [-0.2, 0) is 16.1 Å². The van der Waals surface area contributed by atoms with Crippen molar-refractivity contribution < 1.29 is 19.4 Å². The Bertz CT molecular complexity index is 640. The van der Waals surface area contributed by atoms with Crippen LogP contribution in [0.1, 0.15) is 37.7 Å². The summed E-state index contributed by atoms with van der Waals surface area (Å²) in [6.45, 7) is 0.957. The molecular formula is C20H25NO4. The second-order valence-corrected chi connectivity index (χ2v) is 7.72. The van der Waals surface area contributed by atoms with E-state index in [1.165, 1.54) is 19.3 Å². The summed E-state index contributed by atoms with van der Waals surface area (Å²) in [5.41, 5.74) is 1.06. The van der Waals surface area contributed by atoms with E-state index in [0.29, 0.717) is 31.4 Å². The fourth-order valence-electron chi connectivity index (χ4n) is 5.10. The maximum Gasteiger partial charge on any atom is 0.303 e. The molecule has 0 heterocycles. The molecule has 0 saturated heterocycles. The maximum absolute atomic E-state index is 12.4. The van der Waals surface area contributed by atoms with Crippen molar-refractivity contribution in [2.75, 3.05) is 6.61 Å². The molecule has 5 nitrogen and oxygen atoms in total. The van der Waals surface area contributed by atoms with Crippen LogP contribution in [0, 0.1) is 29.6 Å². The van der Waals surface area contributed by atoms with Crippen LogP contribution in [0.3, 0.4) is 0 Å². The second-order valence-electron chi connectivity index (χ2n) is 7.72. The number of ether oxygens (including phenoxy) is 1. The smallest absolute Gasteiger partial charge is 0.303 e. The highest BCUT2D eigenvalue weighted by molar-refractivity contribution is 5.82. The van der Waals surface area contributed by atoms with Crippen LogP contribution in [0.4, 0.5) is 0 Å². The van der Waals surface area contributed by atoms with Crippen LogP contribution < -0.4 is 10.1 Å². The predicted molar refractivity (Wildman–Crippen MR) is 92.0 cm³/mol. The first-order valence-electron chi connectivity index (χ1n) is 9.35. The van der Waals surface area contributed by atoms with Gasteiger partial charge in [0.2, 0.25) is 5.91 Å². The van der Waals surface area contributed by atoms with Crippen LogP contribution in [0.25, 0.3) is 0 Å². The molecule has 0 radical (unpaired) electrons. The van der Waals surface area contributed by atoms with E-state index in [2.05, 4.69) is 5.32 Å². The van der Waals surface area contributed by atoms with Gasteiger partial charge in [0, 0.05) is 18.9 Å². The quantitative estimate of drug-likeness (QED) is 0.712. The third kappa shape index (κ3) is 3.37. The first-order chi connectivity index (χ1) is 12.1. The van der Waals surface area contributed by atoms with Crippen LogP contribution in [0.15, 0.2) is 24.3 Å². The topological polar surface area (TPSA) is 75.6 Å². The van der Waals surface area contributed by atoms with Gasteiger partial charge in [0.1, 0.15) is 5.75 Å². The Morgan fingerprint density at radius 3 is 2.44 bits per heavy atom. The summed E-state index contributed by atoms with van der Waals surface area (Å²) in [5, 5.41) is 11.7. The number of carbonyl (C=O) groups excluding carboxylic acids is 1. The van der Waals surface area contributed by atoms with E-state index in [0.717, 1.165) is 23.1 Å². The number of amides is 1. The minimum Gasteiger partial charge on any atom is -0.494 e. The normalized spacial score (nSPS) is 31.4. The summed E-state index contributed by atoms with van der Waals surface area (Å²) < 4.78 is 5.52. The van der Waals surface area contributed by atoms with Gasteiger partial charge in [-0.15, -0.1) is 0 Å². The molecule has 5 heteroatoms. The van der Waals surface area contributed by atoms with E-state index in [4.69, 9.17) is 9.84 Å². The number of carboxylic acids is 1. The molecule has 3 aliphatic carbocycles. The first-order valence-corrected chi connectivity index (χ1v) is 9.35. The SMILES string of the molecule is O=C(O)CCCOc1ccc(CNC(=O)C2C3C4CCC(C4)C23)cc1. The van der Waals surface area contributed by atoms with Crippen LogP contribution in [-0.4, -0.2) is 23.6 Å². The zero-order valence-electron chi connectivity index (χ0n) is 14.3. The molecule has 4 rings (SSSR count). The van der Waals surface area contributed by atoms with Gasteiger partial charge in [-0.1, -0.05) is 12.1 Å².